The smallest absolute Gasteiger partial charge is 0.338 e. The first-order valence-corrected chi connectivity index (χ1v) is 16.1. The van der Waals surface area contributed by atoms with Crippen molar-refractivity contribution >= 4 is 57.8 Å². The van der Waals surface area contributed by atoms with Crippen LogP contribution in [0.2, 0.25) is 0 Å². The molecule has 1 aromatic heterocycles. The number of ether oxygens (including phenoxy) is 1. The van der Waals surface area contributed by atoms with E-state index in [1.165, 1.54) is 18.2 Å². The summed E-state index contributed by atoms with van der Waals surface area (Å²) in [7, 11) is 0. The molecular formula is C38H27N3O8. The van der Waals surface area contributed by atoms with Crippen molar-refractivity contribution < 1.29 is 38.3 Å². The number of rotatable bonds is 7. The Balaban J connectivity index is 0.983. The number of carbonyl (C=O) groups excluding carboxylic acids is 7. The summed E-state index contributed by atoms with van der Waals surface area (Å²) in [5.41, 5.74) is 2.82. The van der Waals surface area contributed by atoms with Crippen molar-refractivity contribution in [2.75, 3.05) is 18.1 Å². The fourth-order valence-corrected chi connectivity index (χ4v) is 7.15. The van der Waals surface area contributed by atoms with Crippen LogP contribution in [0.4, 0.5) is 5.69 Å². The predicted octanol–water partition coefficient (Wildman–Crippen LogP) is 4.98. The normalized spacial score (nSPS) is 18.5. The number of esters is 1. The lowest BCUT2D eigenvalue weighted by molar-refractivity contribution is -0.120. The van der Waals surface area contributed by atoms with Crippen LogP contribution < -0.4 is 4.90 Å². The van der Waals surface area contributed by atoms with Gasteiger partial charge in [0.1, 0.15) is 5.92 Å². The fraction of sp³-hybridized carbons (Fsp3) is 0.211. The van der Waals surface area contributed by atoms with E-state index < -0.39 is 35.3 Å². The standard InChI is InChI=1S/C38H27N3O8/c42-32-22-15-13-21(38(48)49-18-6-17-40-34(44)23-8-1-2-9-24(23)35(40)45)19-27(22)33(43)30(32)28-16-14-20-7-5-12-29(31(20)39-28)41-36(46)25-10-3-4-11-26(25)37(41)47/h1-2,5,7-9,12-16,19,30H,3-4,6,10-11,17-18H2. The molecule has 0 radical (unpaired) electrons. The van der Waals surface area contributed by atoms with E-state index in [2.05, 4.69) is 4.98 Å². The average molecular weight is 654 g/mol. The molecule has 2 aliphatic carbocycles. The van der Waals surface area contributed by atoms with Crippen molar-refractivity contribution in [2.24, 2.45) is 0 Å². The molecule has 4 amide bonds. The number of nitrogens with zero attached hydrogens (tertiary/aromatic N) is 3. The number of hydrogen-bond donors (Lipinski definition) is 0. The van der Waals surface area contributed by atoms with Crippen molar-refractivity contribution in [1.82, 2.24) is 9.88 Å². The summed E-state index contributed by atoms with van der Waals surface area (Å²) in [6.07, 6.45) is 3.00. The summed E-state index contributed by atoms with van der Waals surface area (Å²) in [5.74, 6) is -4.51. The van der Waals surface area contributed by atoms with E-state index in [-0.39, 0.29) is 53.8 Å². The highest BCUT2D eigenvalue weighted by molar-refractivity contribution is 6.34. The van der Waals surface area contributed by atoms with Crippen molar-refractivity contribution in [1.29, 1.82) is 0 Å². The largest absolute Gasteiger partial charge is 0.462 e. The third-order valence-corrected chi connectivity index (χ3v) is 9.60. The maximum atomic E-state index is 13.7. The van der Waals surface area contributed by atoms with Crippen LogP contribution in [0.1, 0.15) is 95.5 Å². The van der Waals surface area contributed by atoms with Crippen molar-refractivity contribution in [3.8, 4) is 0 Å². The van der Waals surface area contributed by atoms with Crippen molar-refractivity contribution in [2.45, 2.75) is 38.0 Å². The van der Waals surface area contributed by atoms with Gasteiger partial charge >= 0.3 is 5.97 Å². The fourth-order valence-electron chi connectivity index (χ4n) is 7.15. The van der Waals surface area contributed by atoms with Gasteiger partial charge in [0.25, 0.3) is 23.6 Å². The monoisotopic (exact) mass is 653 g/mol. The Kier molecular flexibility index (Phi) is 7.13. The molecule has 4 aromatic rings. The van der Waals surface area contributed by atoms with Gasteiger partial charge in [-0.15, -0.1) is 0 Å². The van der Waals surface area contributed by atoms with Crippen LogP contribution in [-0.4, -0.2) is 64.2 Å². The molecule has 49 heavy (non-hydrogen) atoms. The Morgan fingerprint density at radius 3 is 2.08 bits per heavy atom. The number of hydrogen-bond acceptors (Lipinski definition) is 9. The molecule has 11 nitrogen and oxygen atoms in total. The molecule has 1 unspecified atom stereocenters. The third-order valence-electron chi connectivity index (χ3n) is 9.60. The zero-order chi connectivity index (χ0) is 34.0. The van der Waals surface area contributed by atoms with Gasteiger partial charge in [-0.05, 0) is 74.6 Å². The molecule has 2 aliphatic heterocycles. The maximum Gasteiger partial charge on any atom is 0.338 e. The van der Waals surface area contributed by atoms with E-state index in [0.717, 1.165) is 22.6 Å². The van der Waals surface area contributed by atoms with Crippen LogP contribution in [0.5, 0.6) is 0 Å². The molecule has 0 saturated carbocycles. The summed E-state index contributed by atoms with van der Waals surface area (Å²) in [6, 6.07) is 19.1. The molecule has 8 rings (SSSR count). The summed E-state index contributed by atoms with van der Waals surface area (Å²) < 4.78 is 5.37. The van der Waals surface area contributed by atoms with Crippen molar-refractivity contribution in [3.05, 3.63) is 117 Å². The van der Waals surface area contributed by atoms with Crippen LogP contribution in [0.25, 0.3) is 10.9 Å². The lowest BCUT2D eigenvalue weighted by Crippen LogP contribution is -2.31. The highest BCUT2D eigenvalue weighted by atomic mass is 16.5. The lowest BCUT2D eigenvalue weighted by Gasteiger charge is -2.18. The van der Waals surface area contributed by atoms with E-state index in [9.17, 15) is 33.6 Å². The maximum absolute atomic E-state index is 13.7. The molecule has 0 fully saturated rings. The van der Waals surface area contributed by atoms with E-state index in [0.29, 0.717) is 51.7 Å². The minimum absolute atomic E-state index is 0.0624. The van der Waals surface area contributed by atoms with Crippen molar-refractivity contribution in [3.63, 3.8) is 0 Å². The van der Waals surface area contributed by atoms with Gasteiger partial charge in [0.2, 0.25) is 0 Å². The first-order valence-electron chi connectivity index (χ1n) is 16.1. The van der Waals surface area contributed by atoms with Crippen LogP contribution in [0.15, 0.2) is 83.9 Å². The van der Waals surface area contributed by atoms with Crippen LogP contribution >= 0.6 is 0 Å². The lowest BCUT2D eigenvalue weighted by atomic mass is 9.93. The van der Waals surface area contributed by atoms with Gasteiger partial charge in [0.15, 0.2) is 11.6 Å². The summed E-state index contributed by atoms with van der Waals surface area (Å²) in [5, 5.41) is 0.634. The van der Waals surface area contributed by atoms with E-state index in [4.69, 9.17) is 4.74 Å². The quantitative estimate of drug-likeness (QED) is 0.117. The minimum atomic E-state index is -1.27. The summed E-state index contributed by atoms with van der Waals surface area (Å²) >= 11 is 0. The van der Waals surface area contributed by atoms with Gasteiger partial charge in [0.05, 0.1) is 40.2 Å². The van der Waals surface area contributed by atoms with Gasteiger partial charge in [0, 0.05) is 34.2 Å². The molecule has 0 saturated heterocycles. The highest BCUT2D eigenvalue weighted by Gasteiger charge is 2.43. The topological polar surface area (TPSA) is 148 Å². The zero-order valence-corrected chi connectivity index (χ0v) is 26.1. The van der Waals surface area contributed by atoms with Crippen LogP contribution in [0.3, 0.4) is 0 Å². The number of carbonyl (C=O) groups is 7. The third kappa shape index (κ3) is 4.72. The number of anilines is 1. The number of pyridine rings is 1. The molecule has 11 heteroatoms. The van der Waals surface area contributed by atoms with E-state index in [1.54, 1.807) is 54.6 Å². The molecule has 3 heterocycles. The summed E-state index contributed by atoms with van der Waals surface area (Å²) in [6.45, 7) is -0.0133. The Bertz CT molecular complexity index is 2190. The molecule has 0 spiro atoms. The van der Waals surface area contributed by atoms with Crippen LogP contribution in [-0.2, 0) is 14.3 Å². The summed E-state index contributed by atoms with van der Waals surface area (Å²) in [4.78, 5) is 98.9. The Hall–Kier alpha value is -6.10. The van der Waals surface area contributed by atoms with E-state index >= 15 is 0 Å². The van der Waals surface area contributed by atoms with Gasteiger partial charge in [-0.2, -0.15) is 0 Å². The Morgan fingerprint density at radius 1 is 0.714 bits per heavy atom. The average Bonchev–Trinajstić information content (AvgIpc) is 3.64. The number of fused-ring (bicyclic) bond motifs is 3. The SMILES string of the molecule is O=C(OCCCN1C(=O)c2ccccc2C1=O)c1ccc2c(c1)C(=O)C(c1ccc3cccc(N4C(=O)C5=C(CCCC5)C4=O)c3n1)C2=O. The molecule has 4 aliphatic rings. The second-order valence-corrected chi connectivity index (χ2v) is 12.4. The van der Waals surface area contributed by atoms with Crippen LogP contribution in [0, 0.1) is 0 Å². The Morgan fingerprint density at radius 2 is 1.39 bits per heavy atom. The number of imide groups is 2. The molecule has 3 aromatic carbocycles. The molecular weight excluding hydrogens is 626 g/mol. The first-order chi connectivity index (χ1) is 23.7. The molecule has 0 bridgehead atoms. The first kappa shape index (κ1) is 30.2. The van der Waals surface area contributed by atoms with E-state index in [1.807, 2.05) is 0 Å². The number of ketones is 2. The number of para-hydroxylation sites is 1. The van der Waals surface area contributed by atoms with Gasteiger partial charge < -0.3 is 4.74 Å². The second-order valence-electron chi connectivity index (χ2n) is 12.4. The zero-order valence-electron chi connectivity index (χ0n) is 26.1. The number of amides is 4. The number of aromatic nitrogens is 1. The van der Waals surface area contributed by atoms with Gasteiger partial charge in [-0.3, -0.25) is 33.7 Å². The molecule has 242 valence electrons. The number of benzene rings is 3. The molecule has 0 N–H and O–H groups in total. The minimum Gasteiger partial charge on any atom is -0.462 e. The highest BCUT2D eigenvalue weighted by Crippen LogP contribution is 2.39. The van der Waals surface area contributed by atoms with Gasteiger partial charge in [-0.25, -0.2) is 14.7 Å². The second kappa shape index (κ2) is 11.6. The predicted molar refractivity (Wildman–Crippen MR) is 174 cm³/mol. The van der Waals surface area contributed by atoms with Gasteiger partial charge in [-0.1, -0.05) is 30.3 Å². The number of Topliss-reactive ketones (excluding diaryl/α,β-unsaturated/α-hetero) is 2. The Labute approximate surface area is 279 Å². The molecule has 1 atom stereocenters.